The van der Waals surface area contributed by atoms with Crippen LogP contribution in [0.25, 0.3) is 0 Å². The van der Waals surface area contributed by atoms with Gasteiger partial charge in [-0.25, -0.2) is 0 Å². The summed E-state index contributed by atoms with van der Waals surface area (Å²) in [5.41, 5.74) is 0. The second-order valence-electron chi connectivity index (χ2n) is 4.48. The van der Waals surface area contributed by atoms with Gasteiger partial charge in [0.05, 0.1) is 12.7 Å². The molecule has 1 aromatic heterocycles. The van der Waals surface area contributed by atoms with E-state index < -0.39 is 5.91 Å². The molecule has 1 saturated heterocycles. The van der Waals surface area contributed by atoms with Gasteiger partial charge in [0.1, 0.15) is 18.9 Å². The first kappa shape index (κ1) is 15.5. The SMILES string of the molecule is O=C(CN1C(=O)CCC1=O)NCC#CCOc1cccnc1. The highest BCUT2D eigenvalue weighted by Crippen LogP contribution is 2.10. The van der Waals surface area contributed by atoms with Gasteiger partial charge in [-0.2, -0.15) is 0 Å². The molecule has 1 fully saturated rings. The number of carbonyl (C=O) groups excluding carboxylic acids is 3. The van der Waals surface area contributed by atoms with E-state index in [0.29, 0.717) is 5.75 Å². The predicted octanol–water partition coefficient (Wildman–Crippen LogP) is -0.271. The average Bonchev–Trinajstić information content (AvgIpc) is 2.83. The van der Waals surface area contributed by atoms with Crippen molar-refractivity contribution in [3.05, 3.63) is 24.5 Å². The Bertz CT molecular complexity index is 603. The number of carbonyl (C=O) groups is 3. The number of hydrogen-bond acceptors (Lipinski definition) is 5. The second kappa shape index (κ2) is 7.78. The van der Waals surface area contributed by atoms with Crippen molar-refractivity contribution >= 4 is 17.7 Å². The van der Waals surface area contributed by atoms with E-state index in [-0.39, 0.29) is 44.4 Å². The van der Waals surface area contributed by atoms with Crippen LogP contribution >= 0.6 is 0 Å². The summed E-state index contributed by atoms with van der Waals surface area (Å²) in [5, 5.41) is 2.52. The van der Waals surface area contributed by atoms with Gasteiger partial charge in [0.25, 0.3) is 0 Å². The van der Waals surface area contributed by atoms with Crippen LogP contribution in [0.4, 0.5) is 0 Å². The fourth-order valence-electron chi connectivity index (χ4n) is 1.81. The van der Waals surface area contributed by atoms with Crippen molar-refractivity contribution in [2.75, 3.05) is 19.7 Å². The molecule has 0 aromatic carbocycles. The fraction of sp³-hybridized carbons (Fsp3) is 0.333. The summed E-state index contributed by atoms with van der Waals surface area (Å²) in [6.45, 7) is 0.0711. The van der Waals surface area contributed by atoms with Crippen LogP contribution in [0.3, 0.4) is 0 Å². The Hall–Kier alpha value is -2.88. The zero-order chi connectivity index (χ0) is 15.8. The largest absolute Gasteiger partial charge is 0.479 e. The Morgan fingerprint density at radius 3 is 2.77 bits per heavy atom. The van der Waals surface area contributed by atoms with Crippen molar-refractivity contribution < 1.29 is 19.1 Å². The van der Waals surface area contributed by atoms with Gasteiger partial charge in [-0.1, -0.05) is 11.8 Å². The van der Waals surface area contributed by atoms with Gasteiger partial charge in [0.2, 0.25) is 17.7 Å². The Balaban J connectivity index is 1.64. The molecule has 2 rings (SSSR count). The quantitative estimate of drug-likeness (QED) is 0.597. The van der Waals surface area contributed by atoms with Gasteiger partial charge in [-0.15, -0.1) is 0 Å². The van der Waals surface area contributed by atoms with Crippen LogP contribution in [0.2, 0.25) is 0 Å². The molecule has 114 valence electrons. The normalized spacial score (nSPS) is 13.5. The molecule has 0 bridgehead atoms. The zero-order valence-electron chi connectivity index (χ0n) is 11.9. The third-order valence-corrected chi connectivity index (χ3v) is 2.90. The maximum atomic E-state index is 11.6. The maximum Gasteiger partial charge on any atom is 0.240 e. The molecular weight excluding hydrogens is 286 g/mol. The molecule has 7 nitrogen and oxygen atoms in total. The van der Waals surface area contributed by atoms with Gasteiger partial charge in [-0.3, -0.25) is 24.3 Å². The minimum absolute atomic E-state index is 0.130. The van der Waals surface area contributed by atoms with Gasteiger partial charge < -0.3 is 10.1 Å². The Kier molecular flexibility index (Phi) is 5.49. The number of aromatic nitrogens is 1. The minimum atomic E-state index is -0.411. The summed E-state index contributed by atoms with van der Waals surface area (Å²) in [7, 11) is 0. The lowest BCUT2D eigenvalue weighted by Crippen LogP contribution is -2.40. The first-order valence-corrected chi connectivity index (χ1v) is 6.75. The molecule has 2 heterocycles. The molecule has 0 unspecified atom stereocenters. The molecule has 1 aliphatic heterocycles. The molecule has 7 heteroatoms. The monoisotopic (exact) mass is 301 g/mol. The van der Waals surface area contributed by atoms with Gasteiger partial charge in [0.15, 0.2) is 0 Å². The smallest absolute Gasteiger partial charge is 0.240 e. The van der Waals surface area contributed by atoms with Crippen LogP contribution in [0.5, 0.6) is 5.75 Å². The molecular formula is C15H15N3O4. The lowest BCUT2D eigenvalue weighted by atomic mass is 10.4. The van der Waals surface area contributed by atoms with Crippen molar-refractivity contribution in [3.8, 4) is 17.6 Å². The predicted molar refractivity (Wildman–Crippen MR) is 76.5 cm³/mol. The van der Waals surface area contributed by atoms with Crippen LogP contribution < -0.4 is 10.1 Å². The molecule has 1 aliphatic rings. The summed E-state index contributed by atoms with van der Waals surface area (Å²) in [6.07, 6.45) is 3.58. The Labute approximate surface area is 127 Å². The molecule has 3 amide bonds. The van der Waals surface area contributed by atoms with E-state index >= 15 is 0 Å². The van der Waals surface area contributed by atoms with Crippen molar-refractivity contribution in [1.29, 1.82) is 0 Å². The highest BCUT2D eigenvalue weighted by atomic mass is 16.5. The number of pyridine rings is 1. The molecule has 22 heavy (non-hydrogen) atoms. The van der Waals surface area contributed by atoms with E-state index in [9.17, 15) is 14.4 Å². The van der Waals surface area contributed by atoms with E-state index in [4.69, 9.17) is 4.74 Å². The number of likely N-dealkylation sites (tertiary alicyclic amines) is 1. The van der Waals surface area contributed by atoms with Crippen LogP contribution in [0.15, 0.2) is 24.5 Å². The summed E-state index contributed by atoms with van der Waals surface area (Å²) >= 11 is 0. The topological polar surface area (TPSA) is 88.6 Å². The van der Waals surface area contributed by atoms with E-state index in [1.165, 1.54) is 0 Å². The molecule has 1 N–H and O–H groups in total. The lowest BCUT2D eigenvalue weighted by molar-refractivity contribution is -0.142. The zero-order valence-corrected chi connectivity index (χ0v) is 11.9. The van der Waals surface area contributed by atoms with Crippen LogP contribution in [0.1, 0.15) is 12.8 Å². The summed E-state index contributed by atoms with van der Waals surface area (Å²) in [6, 6.07) is 3.52. The molecule has 0 aliphatic carbocycles. The molecule has 0 spiro atoms. The summed E-state index contributed by atoms with van der Waals surface area (Å²) in [5.74, 6) is 5.04. The van der Waals surface area contributed by atoms with Gasteiger partial charge in [0, 0.05) is 19.0 Å². The maximum absolute atomic E-state index is 11.6. The number of rotatable bonds is 5. The highest BCUT2D eigenvalue weighted by molar-refractivity contribution is 6.04. The van der Waals surface area contributed by atoms with Crippen molar-refractivity contribution in [2.45, 2.75) is 12.8 Å². The fourth-order valence-corrected chi connectivity index (χ4v) is 1.81. The lowest BCUT2D eigenvalue weighted by Gasteiger charge is -2.12. The van der Waals surface area contributed by atoms with E-state index in [1.807, 2.05) is 0 Å². The molecule has 0 saturated carbocycles. The van der Waals surface area contributed by atoms with E-state index in [1.54, 1.807) is 24.5 Å². The van der Waals surface area contributed by atoms with Gasteiger partial charge in [-0.05, 0) is 12.1 Å². The Morgan fingerprint density at radius 2 is 2.09 bits per heavy atom. The standard InChI is InChI=1S/C15H15N3O4/c19-13(11-18-14(20)5-6-15(18)21)17-8-1-2-9-22-12-4-3-7-16-10-12/h3-4,7,10H,5-6,8-9,11H2,(H,17,19). The number of nitrogens with zero attached hydrogens (tertiary/aromatic N) is 2. The number of ether oxygens (including phenoxy) is 1. The first-order chi connectivity index (χ1) is 10.7. The van der Waals surface area contributed by atoms with Crippen LogP contribution in [-0.4, -0.2) is 47.3 Å². The number of nitrogens with one attached hydrogen (secondary N) is 1. The number of imide groups is 1. The third kappa shape index (κ3) is 4.59. The molecule has 0 radical (unpaired) electrons. The second-order valence-corrected chi connectivity index (χ2v) is 4.48. The minimum Gasteiger partial charge on any atom is -0.479 e. The third-order valence-electron chi connectivity index (χ3n) is 2.90. The van der Waals surface area contributed by atoms with Crippen molar-refractivity contribution in [3.63, 3.8) is 0 Å². The highest BCUT2D eigenvalue weighted by Gasteiger charge is 2.30. The average molecular weight is 301 g/mol. The molecule has 1 aromatic rings. The van der Waals surface area contributed by atoms with Crippen molar-refractivity contribution in [2.24, 2.45) is 0 Å². The number of amides is 3. The molecule has 0 atom stereocenters. The van der Waals surface area contributed by atoms with E-state index in [2.05, 4.69) is 22.1 Å². The van der Waals surface area contributed by atoms with Crippen molar-refractivity contribution in [1.82, 2.24) is 15.2 Å². The summed E-state index contributed by atoms with van der Waals surface area (Å²) < 4.78 is 5.30. The van der Waals surface area contributed by atoms with Crippen LogP contribution in [0, 0.1) is 11.8 Å². The number of hydrogen-bond donors (Lipinski definition) is 1. The Morgan fingerprint density at radius 1 is 1.32 bits per heavy atom. The van der Waals surface area contributed by atoms with Crippen LogP contribution in [-0.2, 0) is 14.4 Å². The first-order valence-electron chi connectivity index (χ1n) is 6.75. The van der Waals surface area contributed by atoms with Gasteiger partial charge >= 0.3 is 0 Å². The summed E-state index contributed by atoms with van der Waals surface area (Å²) in [4.78, 5) is 39.1. The van der Waals surface area contributed by atoms with E-state index in [0.717, 1.165) is 4.90 Å².